The van der Waals surface area contributed by atoms with Crippen LogP contribution in [0.1, 0.15) is 45.1 Å². The minimum absolute atomic E-state index is 0.0538. The summed E-state index contributed by atoms with van der Waals surface area (Å²) in [6.07, 6.45) is 3.54. The molecule has 0 aliphatic rings. The number of carboxylic acid groups (broad SMARTS) is 1. The summed E-state index contributed by atoms with van der Waals surface area (Å²) in [5.41, 5.74) is 12.9. The van der Waals surface area contributed by atoms with Gasteiger partial charge in [0.1, 0.15) is 18.1 Å². The molecule has 12 heteroatoms. The zero-order chi connectivity index (χ0) is 28.2. The number of aliphatic carboxylic acids is 1. The Morgan fingerprint density at radius 2 is 1.61 bits per heavy atom. The second-order valence-electron chi connectivity index (χ2n) is 9.79. The van der Waals surface area contributed by atoms with Crippen LogP contribution in [0.4, 0.5) is 0 Å². The first-order valence-corrected chi connectivity index (χ1v) is 13.5. The predicted molar refractivity (Wildman–Crippen MR) is 150 cm³/mol. The van der Waals surface area contributed by atoms with Crippen LogP contribution in [0.25, 0.3) is 10.9 Å². The van der Waals surface area contributed by atoms with Crippen LogP contribution in [0, 0.1) is 5.92 Å². The van der Waals surface area contributed by atoms with Gasteiger partial charge in [0.05, 0.1) is 6.04 Å². The van der Waals surface area contributed by atoms with Gasteiger partial charge in [0.25, 0.3) is 0 Å². The van der Waals surface area contributed by atoms with Crippen molar-refractivity contribution in [3.8, 4) is 0 Å². The molecular weight excluding hydrogens is 508 g/mol. The number of aromatic amines is 1. The van der Waals surface area contributed by atoms with Gasteiger partial charge < -0.3 is 37.5 Å². The molecule has 9 N–H and O–H groups in total. The molecule has 2 rings (SSSR count). The molecule has 0 fully saturated rings. The highest BCUT2D eigenvalue weighted by Gasteiger charge is 2.31. The van der Waals surface area contributed by atoms with Crippen LogP contribution in [0.3, 0.4) is 0 Å². The van der Waals surface area contributed by atoms with Crippen molar-refractivity contribution in [2.24, 2.45) is 17.4 Å². The molecule has 38 heavy (non-hydrogen) atoms. The van der Waals surface area contributed by atoms with E-state index in [0.717, 1.165) is 16.5 Å². The highest BCUT2D eigenvalue weighted by atomic mass is 32.1. The van der Waals surface area contributed by atoms with Gasteiger partial charge in [0.2, 0.25) is 17.7 Å². The van der Waals surface area contributed by atoms with Gasteiger partial charge >= 0.3 is 5.97 Å². The van der Waals surface area contributed by atoms with Crippen LogP contribution in [0.2, 0.25) is 0 Å². The van der Waals surface area contributed by atoms with Crippen molar-refractivity contribution in [3.05, 3.63) is 36.0 Å². The molecule has 0 bridgehead atoms. The number of hydrogen-bond donors (Lipinski definition) is 8. The smallest absolute Gasteiger partial charge is 0.326 e. The van der Waals surface area contributed by atoms with Crippen molar-refractivity contribution in [2.45, 2.75) is 70.1 Å². The number of nitrogens with one attached hydrogen (secondary N) is 4. The molecule has 210 valence electrons. The van der Waals surface area contributed by atoms with E-state index in [9.17, 15) is 24.3 Å². The van der Waals surface area contributed by atoms with Crippen molar-refractivity contribution in [3.63, 3.8) is 0 Å². The number of benzene rings is 1. The summed E-state index contributed by atoms with van der Waals surface area (Å²) in [7, 11) is 0. The van der Waals surface area contributed by atoms with Crippen LogP contribution < -0.4 is 27.4 Å². The van der Waals surface area contributed by atoms with Crippen LogP contribution in [-0.2, 0) is 25.6 Å². The molecule has 0 radical (unpaired) electrons. The molecule has 0 saturated carbocycles. The lowest BCUT2D eigenvalue weighted by atomic mass is 10.00. The van der Waals surface area contributed by atoms with E-state index >= 15 is 0 Å². The van der Waals surface area contributed by atoms with Crippen LogP contribution >= 0.6 is 12.6 Å². The second-order valence-corrected chi connectivity index (χ2v) is 10.2. The molecule has 1 aromatic carbocycles. The van der Waals surface area contributed by atoms with Gasteiger partial charge in [-0.15, -0.1) is 0 Å². The molecule has 2 aromatic rings. The Bertz CT molecular complexity index is 1090. The maximum Gasteiger partial charge on any atom is 0.326 e. The number of thiol groups is 1. The quantitative estimate of drug-likeness (QED) is 0.112. The summed E-state index contributed by atoms with van der Waals surface area (Å²) in [4.78, 5) is 54.1. The van der Waals surface area contributed by atoms with E-state index in [1.165, 1.54) is 0 Å². The van der Waals surface area contributed by atoms with Crippen molar-refractivity contribution >= 4 is 47.2 Å². The summed E-state index contributed by atoms with van der Waals surface area (Å²) in [6.45, 7) is 4.22. The fraction of sp³-hybridized carbons (Fsp3) is 0.538. The highest BCUT2D eigenvalue weighted by molar-refractivity contribution is 7.80. The Hall–Kier alpha value is -3.09. The Labute approximate surface area is 228 Å². The molecule has 1 heterocycles. The largest absolute Gasteiger partial charge is 0.480 e. The zero-order valence-electron chi connectivity index (χ0n) is 21.9. The standard InChI is InChI=1S/C26H40N6O5S/c1-15(2)11-21(31-23(33)18(28)14-38)24(34)32-22(12-16-13-29-19-8-4-3-7-17(16)19)25(35)30-20(26(36)37)9-5-6-10-27/h3-4,7-8,13,15,18,20-22,29,38H,5-6,9-12,14,27-28H2,1-2H3,(H,30,35)(H,31,33)(H,32,34)(H,36,37). The van der Waals surface area contributed by atoms with Crippen LogP contribution in [-0.4, -0.2) is 70.2 Å². The van der Waals surface area contributed by atoms with Gasteiger partial charge in [-0.3, -0.25) is 14.4 Å². The van der Waals surface area contributed by atoms with E-state index in [4.69, 9.17) is 11.5 Å². The normalized spacial score (nSPS) is 14.5. The molecular formula is C26H40N6O5S. The van der Waals surface area contributed by atoms with Crippen molar-refractivity contribution in [1.82, 2.24) is 20.9 Å². The molecule has 4 atom stereocenters. The van der Waals surface area contributed by atoms with E-state index in [2.05, 4.69) is 33.6 Å². The first kappa shape index (κ1) is 31.1. The fourth-order valence-electron chi connectivity index (χ4n) is 4.09. The SMILES string of the molecule is CC(C)CC(NC(=O)C(N)CS)C(=O)NC(Cc1c[nH]c2ccccc12)C(=O)NC(CCCCN)C(=O)O. The lowest BCUT2D eigenvalue weighted by molar-refractivity contribution is -0.142. The Morgan fingerprint density at radius 3 is 2.24 bits per heavy atom. The molecule has 4 unspecified atom stereocenters. The predicted octanol–water partition coefficient (Wildman–Crippen LogP) is 0.682. The number of para-hydroxylation sites is 1. The number of carbonyl (C=O) groups excluding carboxylic acids is 3. The molecule has 3 amide bonds. The third kappa shape index (κ3) is 9.34. The maximum atomic E-state index is 13.4. The number of amides is 3. The minimum atomic E-state index is -1.17. The summed E-state index contributed by atoms with van der Waals surface area (Å²) in [5.74, 6) is -2.73. The second kappa shape index (κ2) is 15.4. The van der Waals surface area contributed by atoms with Crippen molar-refractivity contribution in [1.29, 1.82) is 0 Å². The Morgan fingerprint density at radius 1 is 0.974 bits per heavy atom. The lowest BCUT2D eigenvalue weighted by Crippen LogP contribution is -2.58. The average molecular weight is 549 g/mol. The monoisotopic (exact) mass is 548 g/mol. The third-order valence-corrected chi connectivity index (χ3v) is 6.56. The van der Waals surface area contributed by atoms with Crippen molar-refractivity contribution < 1.29 is 24.3 Å². The topological polar surface area (TPSA) is 192 Å². The number of H-pyrrole nitrogens is 1. The van der Waals surface area contributed by atoms with E-state index in [0.29, 0.717) is 25.8 Å². The van der Waals surface area contributed by atoms with E-state index < -0.39 is 47.9 Å². The number of unbranched alkanes of at least 4 members (excludes halogenated alkanes) is 1. The first-order chi connectivity index (χ1) is 18.1. The van der Waals surface area contributed by atoms with Gasteiger partial charge in [-0.1, -0.05) is 32.0 Å². The van der Waals surface area contributed by atoms with E-state index in [1.807, 2.05) is 38.1 Å². The molecule has 0 saturated heterocycles. The van der Waals surface area contributed by atoms with Crippen LogP contribution in [0.15, 0.2) is 30.5 Å². The van der Waals surface area contributed by atoms with Gasteiger partial charge in [-0.05, 0) is 49.8 Å². The van der Waals surface area contributed by atoms with Crippen molar-refractivity contribution in [2.75, 3.05) is 12.3 Å². The van der Waals surface area contributed by atoms with Gasteiger partial charge in [0, 0.05) is 29.3 Å². The van der Waals surface area contributed by atoms with Gasteiger partial charge in [0.15, 0.2) is 0 Å². The fourth-order valence-corrected chi connectivity index (χ4v) is 4.25. The number of aromatic nitrogens is 1. The summed E-state index contributed by atoms with van der Waals surface area (Å²) >= 11 is 4.04. The number of carbonyl (C=O) groups is 4. The first-order valence-electron chi connectivity index (χ1n) is 12.8. The van der Waals surface area contributed by atoms with Gasteiger partial charge in [-0.2, -0.15) is 12.6 Å². The number of rotatable bonds is 16. The summed E-state index contributed by atoms with van der Waals surface area (Å²) in [6, 6.07) is 3.47. The molecule has 0 aliphatic carbocycles. The minimum Gasteiger partial charge on any atom is -0.480 e. The summed E-state index contributed by atoms with van der Waals surface area (Å²) < 4.78 is 0. The number of hydrogen-bond acceptors (Lipinski definition) is 7. The van der Waals surface area contributed by atoms with Gasteiger partial charge in [-0.25, -0.2) is 4.79 Å². The Kier molecular flexibility index (Phi) is 12.6. The number of nitrogens with two attached hydrogens (primary N) is 2. The average Bonchev–Trinajstić information content (AvgIpc) is 3.29. The summed E-state index contributed by atoms with van der Waals surface area (Å²) in [5, 5.41) is 18.5. The van der Waals surface area contributed by atoms with E-state index in [1.54, 1.807) is 6.20 Å². The third-order valence-electron chi connectivity index (χ3n) is 6.17. The maximum absolute atomic E-state index is 13.4. The van der Waals surface area contributed by atoms with E-state index in [-0.39, 0.29) is 24.5 Å². The zero-order valence-corrected chi connectivity index (χ0v) is 22.8. The molecule has 1 aromatic heterocycles. The molecule has 11 nitrogen and oxygen atoms in total. The molecule has 0 aliphatic heterocycles. The number of carboxylic acids is 1. The lowest BCUT2D eigenvalue weighted by Gasteiger charge is -2.26. The van der Waals surface area contributed by atoms with Crippen LogP contribution in [0.5, 0.6) is 0 Å². The number of fused-ring (bicyclic) bond motifs is 1. The Balaban J connectivity index is 2.30. The molecule has 0 spiro atoms. The highest BCUT2D eigenvalue weighted by Crippen LogP contribution is 2.19.